The molecule has 0 bridgehead atoms. The number of nitrogens with one attached hydrogen (secondary N) is 1. The van der Waals surface area contributed by atoms with Gasteiger partial charge in [-0.1, -0.05) is 13.8 Å². The van der Waals surface area contributed by atoms with Gasteiger partial charge in [0.25, 0.3) is 0 Å². The van der Waals surface area contributed by atoms with Crippen LogP contribution >= 0.6 is 0 Å². The second kappa shape index (κ2) is 6.97. The molecule has 0 saturated heterocycles. The van der Waals surface area contributed by atoms with Gasteiger partial charge in [-0.3, -0.25) is 4.79 Å². The molecule has 1 unspecified atom stereocenters. The monoisotopic (exact) mass is 241 g/mol. The SMILES string of the molecule is CCN(CC)CC(C)NCC(=O)N(C)C1CC1. The number of nitrogens with zero attached hydrogens (tertiary/aromatic N) is 2. The molecule has 1 aliphatic rings. The first-order chi connectivity index (χ1) is 8.08. The standard InChI is InChI=1S/C13H27N3O/c1-5-16(6-2)10-11(3)14-9-13(17)15(4)12-7-8-12/h11-12,14H,5-10H2,1-4H3. The Labute approximate surface area is 105 Å². The van der Waals surface area contributed by atoms with Gasteiger partial charge in [0.1, 0.15) is 0 Å². The summed E-state index contributed by atoms with van der Waals surface area (Å²) in [5, 5.41) is 3.31. The summed E-state index contributed by atoms with van der Waals surface area (Å²) in [4.78, 5) is 16.1. The number of amides is 1. The van der Waals surface area contributed by atoms with Gasteiger partial charge in [-0.15, -0.1) is 0 Å². The highest BCUT2D eigenvalue weighted by atomic mass is 16.2. The third-order valence-corrected chi connectivity index (χ3v) is 3.52. The molecule has 0 radical (unpaired) electrons. The van der Waals surface area contributed by atoms with Crippen molar-refractivity contribution in [1.82, 2.24) is 15.1 Å². The number of carbonyl (C=O) groups is 1. The van der Waals surface area contributed by atoms with Crippen molar-refractivity contribution < 1.29 is 4.79 Å². The molecule has 4 heteroatoms. The molecule has 0 spiro atoms. The van der Waals surface area contributed by atoms with E-state index in [2.05, 4.69) is 31.0 Å². The summed E-state index contributed by atoms with van der Waals surface area (Å²) < 4.78 is 0. The van der Waals surface area contributed by atoms with Crippen LogP contribution in [0.3, 0.4) is 0 Å². The molecule has 0 aromatic carbocycles. The molecule has 0 heterocycles. The summed E-state index contributed by atoms with van der Waals surface area (Å²) >= 11 is 0. The van der Waals surface area contributed by atoms with Crippen LogP contribution in [0.5, 0.6) is 0 Å². The number of rotatable bonds is 8. The lowest BCUT2D eigenvalue weighted by molar-refractivity contribution is -0.129. The van der Waals surface area contributed by atoms with E-state index in [0.717, 1.165) is 19.6 Å². The highest BCUT2D eigenvalue weighted by molar-refractivity contribution is 5.78. The third kappa shape index (κ3) is 5.04. The van der Waals surface area contributed by atoms with Gasteiger partial charge in [0, 0.05) is 25.7 Å². The smallest absolute Gasteiger partial charge is 0.236 e. The molecule has 17 heavy (non-hydrogen) atoms. The molecular formula is C13H27N3O. The van der Waals surface area contributed by atoms with E-state index < -0.39 is 0 Å². The lowest BCUT2D eigenvalue weighted by Gasteiger charge is -2.24. The van der Waals surface area contributed by atoms with Crippen LogP contribution in [0.4, 0.5) is 0 Å². The Balaban J connectivity index is 2.17. The molecule has 0 aromatic rings. The van der Waals surface area contributed by atoms with Gasteiger partial charge in [0.2, 0.25) is 5.91 Å². The predicted molar refractivity (Wildman–Crippen MR) is 71.0 cm³/mol. The lowest BCUT2D eigenvalue weighted by Crippen LogP contribution is -2.44. The average molecular weight is 241 g/mol. The van der Waals surface area contributed by atoms with E-state index in [9.17, 15) is 4.79 Å². The molecule has 0 aliphatic heterocycles. The van der Waals surface area contributed by atoms with Crippen molar-refractivity contribution in [2.45, 2.75) is 45.7 Å². The minimum Gasteiger partial charge on any atom is -0.342 e. The first-order valence-corrected chi connectivity index (χ1v) is 6.79. The Hall–Kier alpha value is -0.610. The van der Waals surface area contributed by atoms with Crippen LogP contribution in [0.15, 0.2) is 0 Å². The summed E-state index contributed by atoms with van der Waals surface area (Å²) in [6, 6.07) is 0.883. The van der Waals surface area contributed by atoms with Crippen molar-refractivity contribution >= 4 is 5.91 Å². The van der Waals surface area contributed by atoms with E-state index >= 15 is 0 Å². The van der Waals surface area contributed by atoms with Crippen LogP contribution in [0.1, 0.15) is 33.6 Å². The van der Waals surface area contributed by atoms with Gasteiger partial charge in [0.15, 0.2) is 0 Å². The van der Waals surface area contributed by atoms with Crippen molar-refractivity contribution in [2.75, 3.05) is 33.2 Å². The van der Waals surface area contributed by atoms with Crippen molar-refractivity contribution in [2.24, 2.45) is 0 Å². The minimum atomic E-state index is 0.221. The van der Waals surface area contributed by atoms with Gasteiger partial charge < -0.3 is 15.1 Å². The van der Waals surface area contributed by atoms with Gasteiger partial charge >= 0.3 is 0 Å². The van der Waals surface area contributed by atoms with Crippen LogP contribution in [-0.2, 0) is 4.79 Å². The molecule has 1 amide bonds. The Kier molecular flexibility index (Phi) is 5.92. The van der Waals surface area contributed by atoms with Crippen molar-refractivity contribution in [3.63, 3.8) is 0 Å². The highest BCUT2D eigenvalue weighted by Crippen LogP contribution is 2.25. The summed E-state index contributed by atoms with van der Waals surface area (Å²) in [6.45, 7) is 10.1. The second-order valence-corrected chi connectivity index (χ2v) is 5.00. The van der Waals surface area contributed by atoms with Gasteiger partial charge in [-0.05, 0) is 32.9 Å². The van der Waals surface area contributed by atoms with Crippen molar-refractivity contribution in [3.05, 3.63) is 0 Å². The maximum Gasteiger partial charge on any atom is 0.236 e. The van der Waals surface area contributed by atoms with Crippen molar-refractivity contribution in [1.29, 1.82) is 0 Å². The first-order valence-electron chi connectivity index (χ1n) is 6.79. The van der Waals surface area contributed by atoms with Crippen LogP contribution < -0.4 is 5.32 Å². The highest BCUT2D eigenvalue weighted by Gasteiger charge is 2.29. The van der Waals surface area contributed by atoms with Crippen LogP contribution in [0.2, 0.25) is 0 Å². The first kappa shape index (κ1) is 14.5. The molecule has 1 fully saturated rings. The molecule has 1 aliphatic carbocycles. The fourth-order valence-corrected chi connectivity index (χ4v) is 1.99. The topological polar surface area (TPSA) is 35.6 Å². The zero-order valence-electron chi connectivity index (χ0n) is 11.7. The number of hydrogen-bond donors (Lipinski definition) is 1. The zero-order chi connectivity index (χ0) is 12.8. The van der Waals surface area contributed by atoms with Crippen molar-refractivity contribution in [3.8, 4) is 0 Å². The van der Waals surface area contributed by atoms with E-state index in [0.29, 0.717) is 18.6 Å². The van der Waals surface area contributed by atoms with Gasteiger partial charge in [-0.2, -0.15) is 0 Å². The predicted octanol–water partition coefficient (Wildman–Crippen LogP) is 0.927. The molecule has 1 saturated carbocycles. The summed E-state index contributed by atoms with van der Waals surface area (Å²) in [5.41, 5.74) is 0. The fraction of sp³-hybridized carbons (Fsp3) is 0.923. The molecule has 0 aromatic heterocycles. The van der Waals surface area contributed by atoms with Crippen LogP contribution in [-0.4, -0.2) is 61.0 Å². The van der Waals surface area contributed by atoms with E-state index in [4.69, 9.17) is 0 Å². The second-order valence-electron chi connectivity index (χ2n) is 5.00. The normalized spacial score (nSPS) is 17.2. The van der Waals surface area contributed by atoms with Gasteiger partial charge in [-0.25, -0.2) is 0 Å². The Morgan fingerprint density at radius 2 is 1.94 bits per heavy atom. The molecule has 1 atom stereocenters. The molecule has 1 rings (SSSR count). The number of carbonyl (C=O) groups excluding carboxylic acids is 1. The Morgan fingerprint density at radius 3 is 2.41 bits per heavy atom. The van der Waals surface area contributed by atoms with E-state index in [-0.39, 0.29) is 5.91 Å². The third-order valence-electron chi connectivity index (χ3n) is 3.52. The van der Waals surface area contributed by atoms with Gasteiger partial charge in [0.05, 0.1) is 6.54 Å². The van der Waals surface area contributed by atoms with E-state index in [1.807, 2.05) is 11.9 Å². The molecule has 4 nitrogen and oxygen atoms in total. The number of hydrogen-bond acceptors (Lipinski definition) is 3. The molecule has 1 N–H and O–H groups in total. The lowest BCUT2D eigenvalue weighted by atomic mass is 10.3. The van der Waals surface area contributed by atoms with Crippen LogP contribution in [0.25, 0.3) is 0 Å². The summed E-state index contributed by atoms with van der Waals surface area (Å²) in [5.74, 6) is 0.221. The average Bonchev–Trinajstić information content (AvgIpc) is 3.16. The minimum absolute atomic E-state index is 0.221. The fourth-order valence-electron chi connectivity index (χ4n) is 1.99. The number of likely N-dealkylation sites (N-methyl/N-ethyl adjacent to an activating group) is 2. The molecule has 100 valence electrons. The maximum atomic E-state index is 11.8. The molecular weight excluding hydrogens is 214 g/mol. The van der Waals surface area contributed by atoms with E-state index in [1.165, 1.54) is 12.8 Å². The Bertz CT molecular complexity index is 237. The quantitative estimate of drug-likeness (QED) is 0.686. The summed E-state index contributed by atoms with van der Waals surface area (Å²) in [6.07, 6.45) is 2.36. The van der Waals surface area contributed by atoms with E-state index in [1.54, 1.807) is 0 Å². The Morgan fingerprint density at radius 1 is 1.35 bits per heavy atom. The summed E-state index contributed by atoms with van der Waals surface area (Å²) in [7, 11) is 1.91. The largest absolute Gasteiger partial charge is 0.342 e. The zero-order valence-corrected chi connectivity index (χ0v) is 11.7. The maximum absolute atomic E-state index is 11.8. The van der Waals surface area contributed by atoms with Crippen LogP contribution in [0, 0.1) is 0 Å².